The minimum absolute atomic E-state index is 0.356. The second-order valence-electron chi connectivity index (χ2n) is 5.11. The van der Waals surface area contributed by atoms with E-state index >= 15 is 0 Å². The number of esters is 1. The van der Waals surface area contributed by atoms with Crippen LogP contribution >= 0.6 is 0 Å². The number of methoxy groups -OCH3 is 1. The van der Waals surface area contributed by atoms with Crippen LogP contribution in [0.5, 0.6) is 5.75 Å². The largest absolute Gasteiger partial charge is 0.496 e. The molecule has 0 aromatic heterocycles. The molecule has 0 heterocycles. The number of rotatable bonds is 3. The number of carbonyl (C=O) groups is 1. The fraction of sp³-hybridized carbons (Fsp3) is 0.400. The molecule has 0 aliphatic heterocycles. The van der Waals surface area contributed by atoms with Gasteiger partial charge in [0.2, 0.25) is 0 Å². The molecule has 0 aliphatic carbocycles. The highest BCUT2D eigenvalue weighted by Crippen LogP contribution is 2.21. The Labute approximate surface area is 108 Å². The van der Waals surface area contributed by atoms with Crippen LogP contribution in [0.4, 0.5) is 0 Å². The molecule has 1 aromatic carbocycles. The SMILES string of the molecule is COc1ccc(C)cc1/C=C/C(=O)OC(C)(C)C. The Bertz CT molecular complexity index is 453. The van der Waals surface area contributed by atoms with Crippen molar-refractivity contribution in [2.45, 2.75) is 33.3 Å². The van der Waals surface area contributed by atoms with Crippen LogP contribution in [0.1, 0.15) is 31.9 Å². The first-order valence-electron chi connectivity index (χ1n) is 5.87. The summed E-state index contributed by atoms with van der Waals surface area (Å²) in [6.07, 6.45) is 3.13. The molecular formula is C15H20O3. The molecule has 0 spiro atoms. The third-order valence-corrected chi connectivity index (χ3v) is 2.19. The minimum Gasteiger partial charge on any atom is -0.496 e. The Morgan fingerprint density at radius 1 is 1.28 bits per heavy atom. The van der Waals surface area contributed by atoms with Crippen molar-refractivity contribution in [1.29, 1.82) is 0 Å². The van der Waals surface area contributed by atoms with Gasteiger partial charge in [0.05, 0.1) is 7.11 Å². The fourth-order valence-corrected chi connectivity index (χ4v) is 1.48. The smallest absolute Gasteiger partial charge is 0.331 e. The molecule has 0 fully saturated rings. The third-order valence-electron chi connectivity index (χ3n) is 2.19. The topological polar surface area (TPSA) is 35.5 Å². The molecule has 0 atom stereocenters. The molecule has 0 amide bonds. The number of hydrogen-bond donors (Lipinski definition) is 0. The fourth-order valence-electron chi connectivity index (χ4n) is 1.48. The van der Waals surface area contributed by atoms with Crippen LogP contribution < -0.4 is 4.74 Å². The standard InChI is InChI=1S/C15H20O3/c1-11-6-8-13(17-5)12(10-11)7-9-14(16)18-15(2,3)4/h6-10H,1-5H3/b9-7+. The Morgan fingerprint density at radius 2 is 1.94 bits per heavy atom. The maximum absolute atomic E-state index is 11.6. The summed E-state index contributed by atoms with van der Waals surface area (Å²) in [7, 11) is 1.61. The summed E-state index contributed by atoms with van der Waals surface area (Å²) in [4.78, 5) is 11.6. The molecule has 3 heteroatoms. The van der Waals surface area contributed by atoms with E-state index in [9.17, 15) is 4.79 Å². The lowest BCUT2D eigenvalue weighted by Crippen LogP contribution is -2.22. The van der Waals surface area contributed by atoms with Gasteiger partial charge in [-0.25, -0.2) is 4.79 Å². The van der Waals surface area contributed by atoms with Gasteiger partial charge in [0.1, 0.15) is 11.4 Å². The molecule has 0 unspecified atom stereocenters. The zero-order valence-corrected chi connectivity index (χ0v) is 11.6. The molecule has 1 rings (SSSR count). The third kappa shape index (κ3) is 4.62. The summed E-state index contributed by atoms with van der Waals surface area (Å²) in [5, 5.41) is 0. The van der Waals surface area contributed by atoms with Crippen molar-refractivity contribution in [2.24, 2.45) is 0 Å². The van der Waals surface area contributed by atoms with Crippen LogP contribution in [0.2, 0.25) is 0 Å². The lowest BCUT2D eigenvalue weighted by atomic mass is 10.1. The average molecular weight is 248 g/mol. The molecule has 18 heavy (non-hydrogen) atoms. The predicted octanol–water partition coefficient (Wildman–Crippen LogP) is 3.36. The van der Waals surface area contributed by atoms with Crippen LogP contribution in [0.3, 0.4) is 0 Å². The van der Waals surface area contributed by atoms with Gasteiger partial charge in [0.15, 0.2) is 0 Å². The van der Waals surface area contributed by atoms with Gasteiger partial charge < -0.3 is 9.47 Å². The number of aryl methyl sites for hydroxylation is 1. The zero-order chi connectivity index (χ0) is 13.8. The highest BCUT2D eigenvalue weighted by Gasteiger charge is 2.14. The second kappa shape index (κ2) is 5.71. The van der Waals surface area contributed by atoms with Crippen LogP contribution in [0.15, 0.2) is 24.3 Å². The Morgan fingerprint density at radius 3 is 2.50 bits per heavy atom. The summed E-state index contributed by atoms with van der Waals surface area (Å²) in [5.41, 5.74) is 1.50. The number of hydrogen-bond acceptors (Lipinski definition) is 3. The van der Waals surface area contributed by atoms with Crippen molar-refractivity contribution >= 4 is 12.0 Å². The Kier molecular flexibility index (Phi) is 4.54. The maximum Gasteiger partial charge on any atom is 0.331 e. The van der Waals surface area contributed by atoms with Crippen LogP contribution in [-0.2, 0) is 9.53 Å². The average Bonchev–Trinajstić information content (AvgIpc) is 2.24. The molecule has 1 aromatic rings. The summed E-state index contributed by atoms with van der Waals surface area (Å²) in [6.45, 7) is 7.51. The highest BCUT2D eigenvalue weighted by molar-refractivity contribution is 5.87. The van der Waals surface area contributed by atoms with E-state index in [0.717, 1.165) is 16.9 Å². The normalized spacial score (nSPS) is 11.6. The summed E-state index contributed by atoms with van der Waals surface area (Å²) >= 11 is 0. The molecule has 0 saturated carbocycles. The number of benzene rings is 1. The van der Waals surface area contributed by atoms with Crippen LogP contribution in [-0.4, -0.2) is 18.7 Å². The van der Waals surface area contributed by atoms with E-state index in [1.165, 1.54) is 6.08 Å². The van der Waals surface area contributed by atoms with E-state index in [1.807, 2.05) is 45.9 Å². The lowest BCUT2D eigenvalue weighted by molar-refractivity contribution is -0.148. The van der Waals surface area contributed by atoms with Crippen LogP contribution in [0, 0.1) is 6.92 Å². The quantitative estimate of drug-likeness (QED) is 0.608. The van der Waals surface area contributed by atoms with Gasteiger partial charge in [-0.05, 0) is 45.9 Å². The number of carbonyl (C=O) groups excluding carboxylic acids is 1. The molecule has 0 aliphatic rings. The maximum atomic E-state index is 11.6. The molecule has 0 N–H and O–H groups in total. The summed E-state index contributed by atoms with van der Waals surface area (Å²) in [6, 6.07) is 5.80. The van der Waals surface area contributed by atoms with Crippen LogP contribution in [0.25, 0.3) is 6.08 Å². The minimum atomic E-state index is -0.474. The monoisotopic (exact) mass is 248 g/mol. The first kappa shape index (κ1) is 14.3. The first-order valence-corrected chi connectivity index (χ1v) is 5.87. The Balaban J connectivity index is 2.84. The van der Waals surface area contributed by atoms with Crippen molar-refractivity contribution in [3.8, 4) is 5.75 Å². The van der Waals surface area contributed by atoms with E-state index < -0.39 is 5.60 Å². The summed E-state index contributed by atoms with van der Waals surface area (Å²) < 4.78 is 10.4. The molecule has 0 radical (unpaired) electrons. The highest BCUT2D eigenvalue weighted by atomic mass is 16.6. The molecular weight excluding hydrogens is 228 g/mol. The van der Waals surface area contributed by atoms with E-state index in [-0.39, 0.29) is 5.97 Å². The van der Waals surface area contributed by atoms with Crippen molar-refractivity contribution in [2.75, 3.05) is 7.11 Å². The second-order valence-corrected chi connectivity index (χ2v) is 5.11. The van der Waals surface area contributed by atoms with Crippen molar-refractivity contribution in [3.63, 3.8) is 0 Å². The van der Waals surface area contributed by atoms with Gasteiger partial charge in [-0.3, -0.25) is 0 Å². The van der Waals surface area contributed by atoms with Gasteiger partial charge in [0.25, 0.3) is 0 Å². The Hall–Kier alpha value is -1.77. The molecule has 0 bridgehead atoms. The molecule has 98 valence electrons. The lowest BCUT2D eigenvalue weighted by Gasteiger charge is -2.17. The van der Waals surface area contributed by atoms with Crippen molar-refractivity contribution < 1.29 is 14.3 Å². The number of ether oxygens (including phenoxy) is 2. The van der Waals surface area contributed by atoms with E-state index in [1.54, 1.807) is 13.2 Å². The zero-order valence-electron chi connectivity index (χ0n) is 11.6. The van der Waals surface area contributed by atoms with E-state index in [2.05, 4.69) is 0 Å². The molecule has 0 saturated heterocycles. The van der Waals surface area contributed by atoms with E-state index in [0.29, 0.717) is 0 Å². The predicted molar refractivity (Wildman–Crippen MR) is 72.6 cm³/mol. The van der Waals surface area contributed by atoms with Gasteiger partial charge in [-0.15, -0.1) is 0 Å². The van der Waals surface area contributed by atoms with Gasteiger partial charge in [0, 0.05) is 11.6 Å². The summed E-state index contributed by atoms with van der Waals surface area (Å²) in [5.74, 6) is 0.381. The van der Waals surface area contributed by atoms with Gasteiger partial charge >= 0.3 is 5.97 Å². The van der Waals surface area contributed by atoms with Crippen molar-refractivity contribution in [3.05, 3.63) is 35.4 Å². The molecule has 3 nitrogen and oxygen atoms in total. The van der Waals surface area contributed by atoms with Gasteiger partial charge in [-0.2, -0.15) is 0 Å². The van der Waals surface area contributed by atoms with E-state index in [4.69, 9.17) is 9.47 Å². The first-order chi connectivity index (χ1) is 8.31. The van der Waals surface area contributed by atoms with Gasteiger partial charge in [-0.1, -0.05) is 11.6 Å². The van der Waals surface area contributed by atoms with Crippen molar-refractivity contribution in [1.82, 2.24) is 0 Å².